The van der Waals surface area contributed by atoms with Crippen LogP contribution >= 0.6 is 11.3 Å². The number of amides is 2. The number of carbonyl (C=O) groups is 3. The van der Waals surface area contributed by atoms with E-state index < -0.39 is 12.0 Å². The van der Waals surface area contributed by atoms with Crippen molar-refractivity contribution in [2.24, 2.45) is 5.92 Å². The summed E-state index contributed by atoms with van der Waals surface area (Å²) in [5, 5.41) is 13.9. The molecular formula is C14H19N3O5S. The van der Waals surface area contributed by atoms with Gasteiger partial charge in [-0.15, -0.1) is 11.3 Å². The third-order valence-corrected chi connectivity index (χ3v) is 4.18. The first-order valence-corrected chi connectivity index (χ1v) is 8.11. The Morgan fingerprint density at radius 3 is 2.91 bits per heavy atom. The third kappa shape index (κ3) is 4.49. The van der Waals surface area contributed by atoms with Crippen LogP contribution in [0.15, 0.2) is 5.38 Å². The second-order valence-electron chi connectivity index (χ2n) is 5.48. The van der Waals surface area contributed by atoms with Crippen molar-refractivity contribution >= 4 is 34.3 Å². The Balaban J connectivity index is 1.98. The molecule has 2 N–H and O–H groups in total. The molecule has 1 aromatic heterocycles. The van der Waals surface area contributed by atoms with E-state index in [9.17, 15) is 14.4 Å². The molecule has 8 nitrogen and oxygen atoms in total. The number of nitrogens with one attached hydrogen (secondary N) is 1. The standard InChI is InChI=1S/C14H19N3O5S/c1-8(2)12(19)16-14-15-9(7-23-14)5-11(18)17-3-4-22-6-10(17)13(20)21/h7-8,10H,3-6H2,1-2H3,(H,20,21)(H,15,16,19). The van der Waals surface area contributed by atoms with E-state index in [1.165, 1.54) is 16.2 Å². The van der Waals surface area contributed by atoms with Gasteiger partial charge in [-0.1, -0.05) is 13.8 Å². The molecule has 23 heavy (non-hydrogen) atoms. The van der Waals surface area contributed by atoms with Crippen LogP contribution in [0.4, 0.5) is 5.13 Å². The van der Waals surface area contributed by atoms with Gasteiger partial charge in [-0.2, -0.15) is 0 Å². The van der Waals surface area contributed by atoms with E-state index in [1.807, 2.05) is 0 Å². The minimum Gasteiger partial charge on any atom is -0.480 e. The van der Waals surface area contributed by atoms with Gasteiger partial charge in [0, 0.05) is 17.8 Å². The van der Waals surface area contributed by atoms with Crippen molar-refractivity contribution in [3.8, 4) is 0 Å². The number of ether oxygens (including phenoxy) is 1. The molecule has 0 aromatic carbocycles. The van der Waals surface area contributed by atoms with E-state index in [0.717, 1.165) is 0 Å². The van der Waals surface area contributed by atoms with Crippen LogP contribution < -0.4 is 5.32 Å². The molecule has 0 radical (unpaired) electrons. The van der Waals surface area contributed by atoms with Gasteiger partial charge < -0.3 is 20.1 Å². The Labute approximate surface area is 137 Å². The lowest BCUT2D eigenvalue weighted by atomic mass is 10.2. The number of carboxylic acids is 1. The Hall–Kier alpha value is -2.00. The molecule has 1 aromatic rings. The van der Waals surface area contributed by atoms with Crippen molar-refractivity contribution < 1.29 is 24.2 Å². The normalized spacial score (nSPS) is 18.0. The average Bonchev–Trinajstić information content (AvgIpc) is 2.94. The number of rotatable bonds is 5. The Morgan fingerprint density at radius 1 is 1.52 bits per heavy atom. The number of nitrogens with zero attached hydrogens (tertiary/aromatic N) is 2. The maximum absolute atomic E-state index is 12.3. The maximum Gasteiger partial charge on any atom is 0.328 e. The monoisotopic (exact) mass is 341 g/mol. The molecule has 2 heterocycles. The van der Waals surface area contributed by atoms with E-state index >= 15 is 0 Å². The summed E-state index contributed by atoms with van der Waals surface area (Å²) in [4.78, 5) is 40.6. The molecule has 1 saturated heterocycles. The minimum absolute atomic E-state index is 0.00215. The van der Waals surface area contributed by atoms with E-state index in [0.29, 0.717) is 17.4 Å². The smallest absolute Gasteiger partial charge is 0.328 e. The summed E-state index contributed by atoms with van der Waals surface area (Å²) >= 11 is 1.24. The van der Waals surface area contributed by atoms with Gasteiger partial charge in [-0.3, -0.25) is 9.59 Å². The van der Waals surface area contributed by atoms with Crippen molar-refractivity contribution in [2.45, 2.75) is 26.3 Å². The van der Waals surface area contributed by atoms with Crippen LogP contribution in [-0.2, 0) is 25.5 Å². The SMILES string of the molecule is CC(C)C(=O)Nc1nc(CC(=O)N2CCOCC2C(=O)O)cs1. The maximum atomic E-state index is 12.3. The van der Waals surface area contributed by atoms with Gasteiger partial charge in [0.1, 0.15) is 0 Å². The number of aliphatic carboxylic acids is 1. The zero-order chi connectivity index (χ0) is 17.0. The predicted molar refractivity (Wildman–Crippen MR) is 83.2 cm³/mol. The molecule has 126 valence electrons. The Morgan fingerprint density at radius 2 is 2.26 bits per heavy atom. The summed E-state index contributed by atoms with van der Waals surface area (Å²) in [6, 6.07) is -0.963. The van der Waals surface area contributed by atoms with Gasteiger partial charge >= 0.3 is 5.97 Å². The molecule has 9 heteroatoms. The Kier molecular flexibility index (Phi) is 5.67. The quantitative estimate of drug-likeness (QED) is 0.811. The molecule has 1 aliphatic heterocycles. The highest BCUT2D eigenvalue weighted by Gasteiger charge is 2.32. The lowest BCUT2D eigenvalue weighted by Crippen LogP contribution is -2.53. The molecule has 1 fully saturated rings. The molecule has 1 unspecified atom stereocenters. The number of aromatic nitrogens is 1. The van der Waals surface area contributed by atoms with Gasteiger partial charge in [0.25, 0.3) is 0 Å². The molecular weight excluding hydrogens is 322 g/mol. The number of carbonyl (C=O) groups excluding carboxylic acids is 2. The fraction of sp³-hybridized carbons (Fsp3) is 0.571. The molecule has 0 aliphatic carbocycles. The molecule has 0 saturated carbocycles. The van der Waals surface area contributed by atoms with Gasteiger partial charge in [-0.25, -0.2) is 9.78 Å². The first-order valence-electron chi connectivity index (χ1n) is 7.23. The highest BCUT2D eigenvalue weighted by Crippen LogP contribution is 2.18. The highest BCUT2D eigenvalue weighted by molar-refractivity contribution is 7.13. The summed E-state index contributed by atoms with van der Waals surface area (Å²) in [7, 11) is 0. The van der Waals surface area contributed by atoms with Crippen molar-refractivity contribution in [1.82, 2.24) is 9.88 Å². The fourth-order valence-electron chi connectivity index (χ4n) is 2.06. The molecule has 1 aliphatic rings. The molecule has 1 atom stereocenters. The number of morpholine rings is 1. The zero-order valence-electron chi connectivity index (χ0n) is 12.9. The van der Waals surface area contributed by atoms with Crippen molar-refractivity contribution in [3.05, 3.63) is 11.1 Å². The average molecular weight is 341 g/mol. The molecule has 0 spiro atoms. The van der Waals surface area contributed by atoms with Crippen molar-refractivity contribution in [3.63, 3.8) is 0 Å². The summed E-state index contributed by atoms with van der Waals surface area (Å²) < 4.78 is 5.11. The van der Waals surface area contributed by atoms with E-state index in [2.05, 4.69) is 10.3 Å². The van der Waals surface area contributed by atoms with Crippen molar-refractivity contribution in [2.75, 3.05) is 25.1 Å². The first kappa shape index (κ1) is 17.4. The largest absolute Gasteiger partial charge is 0.480 e. The molecule has 2 amide bonds. The number of carboxylic acid groups (broad SMARTS) is 1. The van der Waals surface area contributed by atoms with E-state index in [4.69, 9.17) is 9.84 Å². The van der Waals surface area contributed by atoms with Crippen LogP contribution in [0.25, 0.3) is 0 Å². The lowest BCUT2D eigenvalue weighted by molar-refractivity contribution is -0.158. The topological polar surface area (TPSA) is 109 Å². The van der Waals surface area contributed by atoms with Crippen molar-refractivity contribution in [1.29, 1.82) is 0 Å². The third-order valence-electron chi connectivity index (χ3n) is 3.37. The van der Waals surface area contributed by atoms with Crippen LogP contribution in [0.5, 0.6) is 0 Å². The number of hydrogen-bond donors (Lipinski definition) is 2. The highest BCUT2D eigenvalue weighted by atomic mass is 32.1. The van der Waals surface area contributed by atoms with Gasteiger partial charge in [0.2, 0.25) is 11.8 Å². The van der Waals surface area contributed by atoms with Crippen LogP contribution in [-0.4, -0.2) is 58.6 Å². The summed E-state index contributed by atoms with van der Waals surface area (Å²) in [5.74, 6) is -1.70. The van der Waals surface area contributed by atoms with Crippen LogP contribution in [0, 0.1) is 5.92 Å². The van der Waals surface area contributed by atoms with Crippen LogP contribution in [0.1, 0.15) is 19.5 Å². The second-order valence-corrected chi connectivity index (χ2v) is 6.34. The summed E-state index contributed by atoms with van der Waals surface area (Å²) in [5.41, 5.74) is 0.509. The molecule has 0 bridgehead atoms. The second kappa shape index (κ2) is 7.51. The van der Waals surface area contributed by atoms with E-state index in [1.54, 1.807) is 19.2 Å². The van der Waals surface area contributed by atoms with Gasteiger partial charge in [-0.05, 0) is 0 Å². The van der Waals surface area contributed by atoms with E-state index in [-0.39, 0.29) is 37.3 Å². The predicted octanol–water partition coefficient (Wildman–Crippen LogP) is 0.592. The fourth-order valence-corrected chi connectivity index (χ4v) is 2.77. The first-order chi connectivity index (χ1) is 10.9. The minimum atomic E-state index is -1.08. The van der Waals surface area contributed by atoms with Crippen LogP contribution in [0.2, 0.25) is 0 Å². The van der Waals surface area contributed by atoms with Gasteiger partial charge in [0.15, 0.2) is 11.2 Å². The van der Waals surface area contributed by atoms with Crippen LogP contribution in [0.3, 0.4) is 0 Å². The molecule has 2 rings (SSSR count). The summed E-state index contributed by atoms with van der Waals surface area (Å²) in [6.45, 7) is 4.11. The van der Waals surface area contributed by atoms with Gasteiger partial charge in [0.05, 0.1) is 25.3 Å². The summed E-state index contributed by atoms with van der Waals surface area (Å²) in [6.07, 6.45) is -0.00215. The zero-order valence-corrected chi connectivity index (χ0v) is 13.8. The lowest BCUT2D eigenvalue weighted by Gasteiger charge is -2.32. The number of anilines is 1. The number of hydrogen-bond acceptors (Lipinski definition) is 6. The Bertz CT molecular complexity index is 601. The number of thiazole rings is 1.